The number of hydrogen-bond acceptors (Lipinski definition) is 5. The molecule has 0 amide bonds. The third kappa shape index (κ3) is 5.37. The fourth-order valence-corrected chi connectivity index (χ4v) is 5.47. The minimum Gasteiger partial charge on any atom is -0.371 e. The summed E-state index contributed by atoms with van der Waals surface area (Å²) in [5.41, 5.74) is 1.22. The van der Waals surface area contributed by atoms with Crippen LogP contribution in [-0.2, 0) is 14.8 Å². The van der Waals surface area contributed by atoms with Crippen LogP contribution in [0.1, 0.15) is 29.4 Å². The van der Waals surface area contributed by atoms with Crippen LogP contribution in [-0.4, -0.2) is 46.1 Å². The quantitative estimate of drug-likeness (QED) is 0.699. The Morgan fingerprint density at radius 1 is 1.19 bits per heavy atom. The Morgan fingerprint density at radius 2 is 2.00 bits per heavy atom. The topological polar surface area (TPSA) is 58.6 Å². The number of benzene rings is 1. The van der Waals surface area contributed by atoms with Gasteiger partial charge in [-0.3, -0.25) is 4.90 Å². The van der Waals surface area contributed by atoms with Gasteiger partial charge in [0.2, 0.25) is 10.0 Å². The summed E-state index contributed by atoms with van der Waals surface area (Å²) >= 11 is 1.31. The highest BCUT2D eigenvalue weighted by molar-refractivity contribution is 7.91. The van der Waals surface area contributed by atoms with E-state index in [1.54, 1.807) is 6.07 Å². The monoisotopic (exact) mass is 394 g/mol. The maximum atomic E-state index is 12.2. The molecule has 1 N–H and O–H groups in total. The average molecular weight is 395 g/mol. The van der Waals surface area contributed by atoms with Gasteiger partial charge in [-0.1, -0.05) is 30.3 Å². The van der Waals surface area contributed by atoms with Gasteiger partial charge in [-0.15, -0.1) is 11.3 Å². The smallest absolute Gasteiger partial charge is 0.250 e. The number of nitrogens with zero attached hydrogens (tertiary/aromatic N) is 1. The van der Waals surface area contributed by atoms with Gasteiger partial charge in [0.05, 0.1) is 12.7 Å². The molecule has 1 aromatic carbocycles. The molecule has 1 aliphatic heterocycles. The van der Waals surface area contributed by atoms with E-state index in [-0.39, 0.29) is 6.10 Å². The highest BCUT2D eigenvalue weighted by Gasteiger charge is 2.21. The second-order valence-electron chi connectivity index (χ2n) is 6.54. The second kappa shape index (κ2) is 9.10. The standard InChI is InChI=1S/C19H26N2O3S2/c1-16-9-10-19(25-16)26(22,23)20-11-5-6-12-21-13-14-24-18(15-21)17-7-3-2-4-8-17/h2-4,7-10,18,20H,5-6,11-15H2,1H3. The summed E-state index contributed by atoms with van der Waals surface area (Å²) in [6.45, 7) is 5.92. The van der Waals surface area contributed by atoms with Gasteiger partial charge in [-0.25, -0.2) is 13.1 Å². The number of sulfonamides is 1. The molecule has 0 saturated carbocycles. The first-order chi connectivity index (χ1) is 12.5. The largest absolute Gasteiger partial charge is 0.371 e. The molecule has 1 aliphatic rings. The van der Waals surface area contributed by atoms with E-state index >= 15 is 0 Å². The van der Waals surface area contributed by atoms with Crippen molar-refractivity contribution in [1.82, 2.24) is 9.62 Å². The third-order valence-corrected chi connectivity index (χ3v) is 7.45. The van der Waals surface area contributed by atoms with Crippen molar-refractivity contribution in [2.75, 3.05) is 32.8 Å². The van der Waals surface area contributed by atoms with Gasteiger partial charge in [0, 0.05) is 24.5 Å². The molecule has 1 saturated heterocycles. The predicted molar refractivity (Wildman–Crippen MR) is 105 cm³/mol. The molecule has 0 aliphatic carbocycles. The van der Waals surface area contributed by atoms with Gasteiger partial charge in [0.25, 0.3) is 0 Å². The van der Waals surface area contributed by atoms with Crippen molar-refractivity contribution >= 4 is 21.4 Å². The molecule has 0 bridgehead atoms. The summed E-state index contributed by atoms with van der Waals surface area (Å²) in [7, 11) is -3.35. The Hall–Kier alpha value is -1.25. The maximum absolute atomic E-state index is 12.2. The molecule has 0 radical (unpaired) electrons. The summed E-state index contributed by atoms with van der Waals surface area (Å²) in [6, 6.07) is 13.8. The van der Waals surface area contributed by atoms with Crippen molar-refractivity contribution < 1.29 is 13.2 Å². The van der Waals surface area contributed by atoms with Crippen LogP contribution in [0.2, 0.25) is 0 Å². The lowest BCUT2D eigenvalue weighted by atomic mass is 10.1. The fraction of sp³-hybridized carbons (Fsp3) is 0.474. The van der Waals surface area contributed by atoms with Gasteiger partial charge in [-0.05, 0) is 44.0 Å². The molecule has 142 valence electrons. The zero-order valence-electron chi connectivity index (χ0n) is 15.1. The van der Waals surface area contributed by atoms with Gasteiger partial charge >= 0.3 is 0 Å². The summed E-state index contributed by atoms with van der Waals surface area (Å²) in [6.07, 6.45) is 1.93. The predicted octanol–water partition coefficient (Wildman–Crippen LogP) is 3.19. The molecule has 1 unspecified atom stereocenters. The average Bonchev–Trinajstić information content (AvgIpc) is 3.10. The Bertz CT molecular complexity index is 790. The van der Waals surface area contributed by atoms with E-state index in [4.69, 9.17) is 4.74 Å². The summed E-state index contributed by atoms with van der Waals surface area (Å²) in [4.78, 5) is 3.41. The fourth-order valence-electron chi connectivity index (χ4n) is 3.07. The number of nitrogens with one attached hydrogen (secondary N) is 1. The lowest BCUT2D eigenvalue weighted by Crippen LogP contribution is -2.39. The van der Waals surface area contributed by atoms with Crippen molar-refractivity contribution in [3.8, 4) is 0 Å². The van der Waals surface area contributed by atoms with Crippen molar-refractivity contribution in [1.29, 1.82) is 0 Å². The normalized spacial score (nSPS) is 18.9. The molecular formula is C19H26N2O3S2. The van der Waals surface area contributed by atoms with E-state index in [1.165, 1.54) is 16.9 Å². The first kappa shape index (κ1) is 19.5. The van der Waals surface area contributed by atoms with E-state index in [1.807, 2.05) is 31.2 Å². The first-order valence-corrected chi connectivity index (χ1v) is 11.3. The SMILES string of the molecule is Cc1ccc(S(=O)(=O)NCCCCN2CCOC(c3ccccc3)C2)s1. The molecule has 3 rings (SSSR count). The van der Waals surface area contributed by atoms with E-state index in [0.29, 0.717) is 10.8 Å². The van der Waals surface area contributed by atoms with Crippen molar-refractivity contribution in [2.24, 2.45) is 0 Å². The molecule has 26 heavy (non-hydrogen) atoms. The maximum Gasteiger partial charge on any atom is 0.250 e. The Balaban J connectivity index is 1.38. The number of unbranched alkanes of at least 4 members (excludes halogenated alkanes) is 1. The van der Waals surface area contributed by atoms with Crippen LogP contribution < -0.4 is 4.72 Å². The number of hydrogen-bond donors (Lipinski definition) is 1. The lowest BCUT2D eigenvalue weighted by Gasteiger charge is -2.33. The Morgan fingerprint density at radius 3 is 2.73 bits per heavy atom. The molecule has 2 heterocycles. The summed E-state index contributed by atoms with van der Waals surface area (Å²) in [5.74, 6) is 0. The molecule has 1 atom stereocenters. The summed E-state index contributed by atoms with van der Waals surface area (Å²) in [5, 5.41) is 0. The minimum atomic E-state index is -3.35. The van der Waals surface area contributed by atoms with Crippen LogP contribution in [0.15, 0.2) is 46.7 Å². The highest BCUT2D eigenvalue weighted by Crippen LogP contribution is 2.22. The number of morpholine rings is 1. The number of thiophene rings is 1. The van der Waals surface area contributed by atoms with Crippen molar-refractivity contribution in [2.45, 2.75) is 30.1 Å². The zero-order chi connectivity index (χ0) is 18.4. The zero-order valence-corrected chi connectivity index (χ0v) is 16.7. The Labute approximate surface area is 160 Å². The van der Waals surface area contributed by atoms with Gasteiger partial charge in [0.15, 0.2) is 0 Å². The second-order valence-corrected chi connectivity index (χ2v) is 9.82. The number of aryl methyl sites for hydroxylation is 1. The number of rotatable bonds is 8. The molecule has 5 nitrogen and oxygen atoms in total. The first-order valence-electron chi connectivity index (χ1n) is 8.99. The van der Waals surface area contributed by atoms with Crippen LogP contribution in [0.25, 0.3) is 0 Å². The van der Waals surface area contributed by atoms with E-state index in [9.17, 15) is 8.42 Å². The molecule has 7 heteroatoms. The van der Waals surface area contributed by atoms with Gasteiger partial charge < -0.3 is 4.74 Å². The molecule has 1 fully saturated rings. The Kier molecular flexibility index (Phi) is 6.83. The highest BCUT2D eigenvalue weighted by atomic mass is 32.2. The lowest BCUT2D eigenvalue weighted by molar-refractivity contribution is -0.0303. The van der Waals surface area contributed by atoms with E-state index < -0.39 is 10.0 Å². The van der Waals surface area contributed by atoms with Crippen LogP contribution in [0.3, 0.4) is 0 Å². The van der Waals surface area contributed by atoms with Gasteiger partial charge in [-0.2, -0.15) is 0 Å². The number of ether oxygens (including phenoxy) is 1. The van der Waals surface area contributed by atoms with Crippen molar-refractivity contribution in [3.05, 3.63) is 52.9 Å². The van der Waals surface area contributed by atoms with Gasteiger partial charge in [0.1, 0.15) is 4.21 Å². The summed E-state index contributed by atoms with van der Waals surface area (Å²) < 4.78 is 33.3. The van der Waals surface area contributed by atoms with Crippen LogP contribution in [0.5, 0.6) is 0 Å². The molecule has 0 spiro atoms. The minimum absolute atomic E-state index is 0.130. The van der Waals surface area contributed by atoms with Crippen molar-refractivity contribution in [3.63, 3.8) is 0 Å². The van der Waals surface area contributed by atoms with Crippen LogP contribution in [0, 0.1) is 6.92 Å². The molecule has 2 aromatic rings. The third-order valence-electron chi connectivity index (χ3n) is 4.50. The van der Waals surface area contributed by atoms with Crippen LogP contribution in [0.4, 0.5) is 0 Å². The van der Waals surface area contributed by atoms with Crippen LogP contribution >= 0.6 is 11.3 Å². The molecule has 1 aromatic heterocycles. The molecular weight excluding hydrogens is 368 g/mol. The van der Waals surface area contributed by atoms with E-state index in [0.717, 1.165) is 44.0 Å². The van der Waals surface area contributed by atoms with E-state index in [2.05, 4.69) is 21.8 Å².